The van der Waals surface area contributed by atoms with Crippen LogP contribution < -0.4 is 0 Å². The first-order valence-corrected chi connectivity index (χ1v) is 3.57. The predicted octanol–water partition coefficient (Wildman–Crippen LogP) is -0.555. The number of rotatable bonds is 1. The molecule has 2 atom stereocenters. The lowest BCUT2D eigenvalue weighted by Crippen LogP contribution is -2.29. The van der Waals surface area contributed by atoms with Crippen molar-refractivity contribution in [3.8, 4) is 0 Å². The molecule has 68 valence electrons. The predicted molar refractivity (Wildman–Crippen MR) is 38.1 cm³/mol. The summed E-state index contributed by atoms with van der Waals surface area (Å²) in [6.45, 7) is 0. The molecule has 0 saturated carbocycles. The van der Waals surface area contributed by atoms with Crippen LogP contribution in [0.1, 0.15) is 12.8 Å². The summed E-state index contributed by atoms with van der Waals surface area (Å²) in [4.78, 5) is 14.2. The second-order valence-electron chi connectivity index (χ2n) is 2.67. The smallest absolute Gasteiger partial charge is 0.368 e. The molecule has 0 heterocycles. The van der Waals surface area contributed by atoms with Crippen LogP contribution in [0.2, 0.25) is 0 Å². The van der Waals surface area contributed by atoms with Crippen molar-refractivity contribution in [2.75, 3.05) is 0 Å². The van der Waals surface area contributed by atoms with Gasteiger partial charge in [-0.1, -0.05) is 0 Å². The zero-order chi connectivity index (χ0) is 9.14. The van der Waals surface area contributed by atoms with Gasteiger partial charge in [0, 0.05) is 5.57 Å². The average molecular weight is 174 g/mol. The van der Waals surface area contributed by atoms with Crippen molar-refractivity contribution in [1.82, 2.24) is 0 Å². The van der Waals surface area contributed by atoms with Gasteiger partial charge in [0.15, 0.2) is 0 Å². The maximum atomic E-state index is 10.7. The fraction of sp³-hybridized carbons (Fsp3) is 0.571. The summed E-state index contributed by atoms with van der Waals surface area (Å²) in [5.41, 5.74) is 0.190. The van der Waals surface area contributed by atoms with Gasteiger partial charge in [-0.2, -0.15) is 5.26 Å². The summed E-state index contributed by atoms with van der Waals surface area (Å²) in [6.07, 6.45) is -0.0972. The normalized spacial score (nSPS) is 29.4. The molecule has 5 heteroatoms. The van der Waals surface area contributed by atoms with E-state index in [1.165, 1.54) is 6.08 Å². The van der Waals surface area contributed by atoms with E-state index in [4.69, 9.17) is 15.5 Å². The van der Waals surface area contributed by atoms with Crippen molar-refractivity contribution in [2.24, 2.45) is 0 Å². The lowest BCUT2D eigenvalue weighted by molar-refractivity contribution is -0.229. The van der Waals surface area contributed by atoms with Crippen LogP contribution >= 0.6 is 0 Å². The van der Waals surface area contributed by atoms with Gasteiger partial charge < -0.3 is 10.2 Å². The summed E-state index contributed by atoms with van der Waals surface area (Å²) in [7, 11) is 0. The van der Waals surface area contributed by atoms with Crippen LogP contribution in [-0.4, -0.2) is 33.6 Å². The highest BCUT2D eigenvalue weighted by Gasteiger charge is 2.24. The molecule has 2 unspecified atom stereocenters. The molecule has 0 aromatic carbocycles. The minimum Gasteiger partial charge on any atom is -0.390 e. The lowest BCUT2D eigenvalue weighted by atomic mass is 9.95. The lowest BCUT2D eigenvalue weighted by Gasteiger charge is -2.20. The van der Waals surface area contributed by atoms with Crippen molar-refractivity contribution in [1.29, 1.82) is 0 Å². The van der Waals surface area contributed by atoms with E-state index >= 15 is 0 Å². The Morgan fingerprint density at radius 2 is 2.25 bits per heavy atom. The summed E-state index contributed by atoms with van der Waals surface area (Å²) < 4.78 is 0. The highest BCUT2D eigenvalue weighted by Crippen LogP contribution is 2.19. The standard InChI is InChI=1S/C7H10O5/c8-5-2-1-4(3-6(5)9)7(10)12-11/h3,5-6,8-9,11H,1-2H2. The molecule has 0 radical (unpaired) electrons. The SMILES string of the molecule is O=C(OO)C1=CC(O)C(O)CC1. The van der Waals surface area contributed by atoms with Gasteiger partial charge >= 0.3 is 5.97 Å². The van der Waals surface area contributed by atoms with E-state index in [1.807, 2.05) is 0 Å². The molecule has 0 fully saturated rings. The van der Waals surface area contributed by atoms with Gasteiger partial charge in [-0.25, -0.2) is 4.79 Å². The van der Waals surface area contributed by atoms with Gasteiger partial charge in [-0.3, -0.25) is 4.89 Å². The summed E-state index contributed by atoms with van der Waals surface area (Å²) in [5.74, 6) is -0.874. The second-order valence-corrected chi connectivity index (χ2v) is 2.67. The number of hydrogen-bond donors (Lipinski definition) is 3. The monoisotopic (exact) mass is 174 g/mol. The van der Waals surface area contributed by atoms with Crippen molar-refractivity contribution in [3.05, 3.63) is 11.6 Å². The summed E-state index contributed by atoms with van der Waals surface area (Å²) >= 11 is 0. The topological polar surface area (TPSA) is 87.0 Å². The van der Waals surface area contributed by atoms with E-state index in [0.717, 1.165) is 0 Å². The molecule has 0 bridgehead atoms. The van der Waals surface area contributed by atoms with Crippen molar-refractivity contribution >= 4 is 5.97 Å². The highest BCUT2D eigenvalue weighted by atomic mass is 17.1. The second kappa shape index (κ2) is 3.66. The number of carbonyl (C=O) groups excluding carboxylic acids is 1. The van der Waals surface area contributed by atoms with Crippen LogP contribution in [0.5, 0.6) is 0 Å². The minimum atomic E-state index is -1.05. The first-order chi connectivity index (χ1) is 5.65. The van der Waals surface area contributed by atoms with Crippen molar-refractivity contribution in [2.45, 2.75) is 25.0 Å². The van der Waals surface area contributed by atoms with E-state index in [0.29, 0.717) is 12.8 Å². The van der Waals surface area contributed by atoms with E-state index < -0.39 is 18.2 Å². The van der Waals surface area contributed by atoms with Crippen LogP contribution in [-0.2, 0) is 9.68 Å². The quantitative estimate of drug-likeness (QED) is 0.366. The molecule has 1 aliphatic carbocycles. The largest absolute Gasteiger partial charge is 0.390 e. The van der Waals surface area contributed by atoms with Gasteiger partial charge in [-0.15, -0.1) is 0 Å². The van der Waals surface area contributed by atoms with E-state index in [2.05, 4.69) is 4.89 Å². The highest BCUT2D eigenvalue weighted by molar-refractivity contribution is 5.88. The first-order valence-electron chi connectivity index (χ1n) is 3.57. The van der Waals surface area contributed by atoms with Crippen LogP contribution in [0.3, 0.4) is 0 Å². The number of aliphatic hydroxyl groups excluding tert-OH is 2. The van der Waals surface area contributed by atoms with E-state index in [-0.39, 0.29) is 5.57 Å². The Balaban J connectivity index is 2.68. The molecule has 0 spiro atoms. The van der Waals surface area contributed by atoms with Gasteiger partial charge in [-0.05, 0) is 18.9 Å². The third kappa shape index (κ3) is 1.82. The van der Waals surface area contributed by atoms with Gasteiger partial charge in [0.05, 0.1) is 12.2 Å². The molecule has 1 rings (SSSR count). The molecule has 0 aliphatic heterocycles. The van der Waals surface area contributed by atoms with Crippen LogP contribution in [0.15, 0.2) is 11.6 Å². The maximum absolute atomic E-state index is 10.7. The minimum absolute atomic E-state index is 0.190. The number of aliphatic hydroxyl groups is 2. The Hall–Kier alpha value is -0.910. The Labute approximate surface area is 68.8 Å². The van der Waals surface area contributed by atoms with Crippen molar-refractivity contribution < 1.29 is 25.2 Å². The Kier molecular flexibility index (Phi) is 2.80. The van der Waals surface area contributed by atoms with Gasteiger partial charge in [0.2, 0.25) is 0 Å². The van der Waals surface area contributed by atoms with Crippen LogP contribution in [0.25, 0.3) is 0 Å². The Morgan fingerprint density at radius 1 is 1.58 bits per heavy atom. The first kappa shape index (κ1) is 9.18. The Morgan fingerprint density at radius 3 is 2.75 bits per heavy atom. The van der Waals surface area contributed by atoms with Gasteiger partial charge in [0.1, 0.15) is 0 Å². The third-order valence-electron chi connectivity index (χ3n) is 1.82. The molecule has 0 aromatic rings. The van der Waals surface area contributed by atoms with E-state index in [9.17, 15) is 4.79 Å². The molecule has 0 aromatic heterocycles. The van der Waals surface area contributed by atoms with Gasteiger partial charge in [0.25, 0.3) is 0 Å². The molecule has 3 N–H and O–H groups in total. The zero-order valence-electron chi connectivity index (χ0n) is 6.30. The van der Waals surface area contributed by atoms with Crippen LogP contribution in [0.4, 0.5) is 0 Å². The third-order valence-corrected chi connectivity index (χ3v) is 1.82. The molecule has 5 nitrogen and oxygen atoms in total. The number of hydrogen-bond acceptors (Lipinski definition) is 5. The molecule has 1 aliphatic rings. The fourth-order valence-electron chi connectivity index (χ4n) is 1.10. The van der Waals surface area contributed by atoms with E-state index in [1.54, 1.807) is 0 Å². The molecule has 0 amide bonds. The number of carbonyl (C=O) groups is 1. The Bertz CT molecular complexity index is 210. The molecular formula is C7H10O5. The average Bonchev–Trinajstić information content (AvgIpc) is 2.08. The van der Waals surface area contributed by atoms with Crippen molar-refractivity contribution in [3.63, 3.8) is 0 Å². The molecule has 12 heavy (non-hydrogen) atoms. The summed E-state index contributed by atoms with van der Waals surface area (Å²) in [5, 5.41) is 26.1. The molecule has 0 saturated heterocycles. The van der Waals surface area contributed by atoms with Crippen LogP contribution in [0, 0.1) is 0 Å². The zero-order valence-corrected chi connectivity index (χ0v) is 6.30. The summed E-state index contributed by atoms with van der Waals surface area (Å²) in [6, 6.07) is 0. The maximum Gasteiger partial charge on any atom is 0.368 e. The fourth-order valence-corrected chi connectivity index (χ4v) is 1.10. The molecular weight excluding hydrogens is 164 g/mol.